The fourth-order valence-corrected chi connectivity index (χ4v) is 6.96. The van der Waals surface area contributed by atoms with Crippen LogP contribution in [-0.4, -0.2) is 67.2 Å². The van der Waals surface area contributed by atoms with E-state index >= 15 is 0 Å². The number of hydrogen-bond donors (Lipinski definition) is 0. The van der Waals surface area contributed by atoms with Gasteiger partial charge in [-0.15, -0.1) is 0 Å². The lowest BCUT2D eigenvalue weighted by molar-refractivity contribution is -0.193. The summed E-state index contributed by atoms with van der Waals surface area (Å²) < 4.78 is 33.3. The van der Waals surface area contributed by atoms with E-state index in [-0.39, 0.29) is 18.0 Å². The summed E-state index contributed by atoms with van der Waals surface area (Å²) >= 11 is 0. The van der Waals surface area contributed by atoms with Crippen LogP contribution in [0.5, 0.6) is 0 Å². The van der Waals surface area contributed by atoms with Gasteiger partial charge in [-0.05, 0) is 18.8 Å². The normalized spacial score (nSPS) is 41.7. The lowest BCUT2D eigenvalue weighted by Crippen LogP contribution is -2.67. The topological polar surface area (TPSA) is 144 Å². The maximum atomic E-state index is 14.2. The van der Waals surface area contributed by atoms with Gasteiger partial charge in [-0.25, -0.2) is 4.79 Å². The molecule has 0 amide bonds. The van der Waals surface area contributed by atoms with Crippen molar-refractivity contribution in [1.29, 1.82) is 0 Å². The molecule has 2 saturated carbocycles. The van der Waals surface area contributed by atoms with E-state index < -0.39 is 70.8 Å². The van der Waals surface area contributed by atoms with Crippen LogP contribution in [-0.2, 0) is 52.4 Å². The molecule has 0 N–H and O–H groups in total. The van der Waals surface area contributed by atoms with Crippen LogP contribution in [0.1, 0.15) is 47.0 Å². The van der Waals surface area contributed by atoms with E-state index in [1.54, 1.807) is 6.08 Å². The smallest absolute Gasteiger partial charge is 0.341 e. The molecular weight excluding hydrogens is 488 g/mol. The van der Waals surface area contributed by atoms with E-state index in [0.29, 0.717) is 19.4 Å². The number of carbonyl (C=O) groups is 5. The second-order valence-corrected chi connectivity index (χ2v) is 10.5. The van der Waals surface area contributed by atoms with Gasteiger partial charge in [0.1, 0.15) is 23.7 Å². The molecule has 2 aliphatic carbocycles. The van der Waals surface area contributed by atoms with Crippen molar-refractivity contribution in [2.75, 3.05) is 13.2 Å². The van der Waals surface area contributed by atoms with Gasteiger partial charge in [0.25, 0.3) is 6.29 Å². The molecule has 8 atom stereocenters. The van der Waals surface area contributed by atoms with Crippen LogP contribution in [0.3, 0.4) is 0 Å². The highest BCUT2D eigenvalue weighted by molar-refractivity contribution is 5.95. The van der Waals surface area contributed by atoms with Crippen LogP contribution in [0.25, 0.3) is 0 Å². The lowest BCUT2D eigenvalue weighted by Gasteiger charge is -2.57. The number of esters is 4. The molecule has 11 heteroatoms. The summed E-state index contributed by atoms with van der Waals surface area (Å²) in [6, 6.07) is 0. The first-order valence-electron chi connectivity index (χ1n) is 12.4. The number of rotatable bonds is 6. The summed E-state index contributed by atoms with van der Waals surface area (Å²) in [6.07, 6.45) is 3.36. The highest BCUT2D eigenvalue weighted by atomic mass is 16.7. The molecule has 0 radical (unpaired) electrons. The molecule has 0 unspecified atom stereocenters. The van der Waals surface area contributed by atoms with Gasteiger partial charge in [0.2, 0.25) is 6.29 Å². The number of hydrogen-bond acceptors (Lipinski definition) is 11. The van der Waals surface area contributed by atoms with Crippen LogP contribution in [0.15, 0.2) is 23.8 Å². The van der Waals surface area contributed by atoms with Crippen molar-refractivity contribution in [3.05, 3.63) is 23.8 Å². The van der Waals surface area contributed by atoms with E-state index in [0.717, 1.165) is 6.42 Å². The maximum absolute atomic E-state index is 14.2. The third-order valence-electron chi connectivity index (χ3n) is 8.58. The van der Waals surface area contributed by atoms with Gasteiger partial charge in [-0.2, -0.15) is 0 Å². The second kappa shape index (κ2) is 8.76. The van der Waals surface area contributed by atoms with E-state index in [9.17, 15) is 24.0 Å². The third-order valence-corrected chi connectivity index (χ3v) is 8.58. The monoisotopic (exact) mass is 518 g/mol. The standard InChI is InChI=1S/C26H30O11/c1-13-20-21(30)26(12-32-14(2)27)18(6-5-8-24(26)11-33-24)25(13,23(37-20)35-16(4)29)9-7-17-10-19(34-15(3)28)36-22(17)31/h7,9-10,13,18-20,23H,5-6,8,11-12H2,1-4H3/b9-7+/t13-,18-,19+,20+,23+,24+,25-,26+/m1/s1. The second-order valence-electron chi connectivity index (χ2n) is 10.5. The molecule has 37 heavy (non-hydrogen) atoms. The number of ether oxygens (including phenoxy) is 6. The number of epoxide rings is 1. The van der Waals surface area contributed by atoms with Gasteiger partial charge in [0, 0.05) is 32.8 Å². The first kappa shape index (κ1) is 25.6. The summed E-state index contributed by atoms with van der Waals surface area (Å²) in [5, 5.41) is 0. The molecule has 2 saturated heterocycles. The van der Waals surface area contributed by atoms with Crippen molar-refractivity contribution in [2.24, 2.45) is 22.7 Å². The molecule has 1 spiro atoms. The maximum Gasteiger partial charge on any atom is 0.341 e. The Kier molecular flexibility index (Phi) is 6.06. The summed E-state index contributed by atoms with van der Waals surface area (Å²) in [5.74, 6) is -3.55. The molecule has 0 aromatic rings. The Balaban J connectivity index is 1.62. The fraction of sp³-hybridized carbons (Fsp3) is 0.654. The number of carbonyl (C=O) groups excluding carboxylic acids is 5. The lowest BCUT2D eigenvalue weighted by atomic mass is 9.44. The van der Waals surface area contributed by atoms with E-state index in [1.807, 2.05) is 6.92 Å². The van der Waals surface area contributed by atoms with Gasteiger partial charge in [-0.1, -0.05) is 25.5 Å². The van der Waals surface area contributed by atoms with Crippen LogP contribution in [0.2, 0.25) is 0 Å². The number of Topliss-reactive ketones (excluding diaryl/α,β-unsaturated/α-hetero) is 1. The van der Waals surface area contributed by atoms with Crippen LogP contribution in [0.4, 0.5) is 0 Å². The highest BCUT2D eigenvalue weighted by Crippen LogP contribution is 2.70. The van der Waals surface area contributed by atoms with Crippen LogP contribution in [0, 0.1) is 22.7 Å². The molecule has 0 aromatic carbocycles. The van der Waals surface area contributed by atoms with Crippen molar-refractivity contribution in [3.8, 4) is 0 Å². The minimum Gasteiger partial charge on any atom is -0.465 e. The largest absolute Gasteiger partial charge is 0.465 e. The van der Waals surface area contributed by atoms with Crippen molar-refractivity contribution >= 4 is 29.7 Å². The molecule has 200 valence electrons. The van der Waals surface area contributed by atoms with Crippen LogP contribution >= 0.6 is 0 Å². The Morgan fingerprint density at radius 2 is 1.81 bits per heavy atom. The quantitative estimate of drug-likeness (QED) is 0.287. The predicted octanol–water partition coefficient (Wildman–Crippen LogP) is 1.53. The van der Waals surface area contributed by atoms with E-state index in [4.69, 9.17) is 28.4 Å². The summed E-state index contributed by atoms with van der Waals surface area (Å²) in [7, 11) is 0. The highest BCUT2D eigenvalue weighted by Gasteiger charge is 2.81. The van der Waals surface area contributed by atoms with E-state index in [2.05, 4.69) is 0 Å². The van der Waals surface area contributed by atoms with Gasteiger partial charge >= 0.3 is 23.9 Å². The molecule has 11 nitrogen and oxygen atoms in total. The fourth-order valence-electron chi connectivity index (χ4n) is 6.96. The zero-order chi connectivity index (χ0) is 26.8. The Morgan fingerprint density at radius 1 is 1.11 bits per heavy atom. The van der Waals surface area contributed by atoms with Crippen molar-refractivity contribution in [2.45, 2.75) is 71.2 Å². The Labute approximate surface area is 213 Å². The molecule has 5 aliphatic rings. The molecule has 0 aromatic heterocycles. The molecule has 3 aliphatic heterocycles. The zero-order valence-corrected chi connectivity index (χ0v) is 21.1. The van der Waals surface area contributed by atoms with Gasteiger partial charge in [-0.3, -0.25) is 19.2 Å². The summed E-state index contributed by atoms with van der Waals surface area (Å²) in [5.41, 5.74) is -2.92. The van der Waals surface area contributed by atoms with Gasteiger partial charge in [0.15, 0.2) is 5.78 Å². The Hall–Kier alpha value is -3.05. The van der Waals surface area contributed by atoms with Crippen molar-refractivity contribution in [3.63, 3.8) is 0 Å². The van der Waals surface area contributed by atoms with Crippen molar-refractivity contribution < 1.29 is 52.4 Å². The summed E-state index contributed by atoms with van der Waals surface area (Å²) in [4.78, 5) is 62.0. The zero-order valence-electron chi connectivity index (χ0n) is 21.1. The molecule has 3 heterocycles. The first-order valence-corrected chi connectivity index (χ1v) is 12.4. The molecular formula is C26H30O11. The molecule has 4 fully saturated rings. The molecule has 2 bridgehead atoms. The first-order chi connectivity index (χ1) is 17.5. The minimum absolute atomic E-state index is 0.147. The van der Waals surface area contributed by atoms with Gasteiger partial charge in [0.05, 0.1) is 17.6 Å². The minimum atomic E-state index is -1.21. The average molecular weight is 519 g/mol. The number of ketones is 1. The number of fused-ring (bicyclic) bond motifs is 5. The van der Waals surface area contributed by atoms with Crippen molar-refractivity contribution in [1.82, 2.24) is 0 Å². The van der Waals surface area contributed by atoms with Gasteiger partial charge < -0.3 is 28.4 Å². The molecule has 5 rings (SSSR count). The Morgan fingerprint density at radius 3 is 2.43 bits per heavy atom. The van der Waals surface area contributed by atoms with E-state index in [1.165, 1.54) is 32.9 Å². The predicted molar refractivity (Wildman–Crippen MR) is 121 cm³/mol. The van der Waals surface area contributed by atoms with Crippen LogP contribution < -0.4 is 0 Å². The summed E-state index contributed by atoms with van der Waals surface area (Å²) in [6.45, 7) is 5.76. The SMILES string of the molecule is CC(=O)OC[C@@]12C(=O)[C@H]3O[C@H](OC(C)=O)[C@](/C=C/C4=C[C@@H](OC(C)=O)OC4=O)([C@@H]3C)[C@H]1CCC[C@]21CO1. The average Bonchev–Trinajstić information content (AvgIpc) is 3.44. The number of cyclic esters (lactones) is 1. The third kappa shape index (κ3) is 3.73. The Bertz CT molecular complexity index is 1120.